The van der Waals surface area contributed by atoms with Crippen LogP contribution in [0.4, 0.5) is 0 Å². The summed E-state index contributed by atoms with van der Waals surface area (Å²) in [4.78, 5) is 179. The highest BCUT2D eigenvalue weighted by molar-refractivity contribution is 6.00. The molecule has 10 atom stereocenters. The number of rotatable bonds is 33. The molecule has 0 aliphatic carbocycles. The minimum absolute atomic E-state index is 0.00791. The fourth-order valence-electron chi connectivity index (χ4n) is 11.7. The molecule has 19 N–H and O–H groups in total. The van der Waals surface area contributed by atoms with E-state index in [9.17, 15) is 53.4 Å². The molecule has 8 rings (SSSR count). The number of phenols is 1. The van der Waals surface area contributed by atoms with Crippen molar-refractivity contribution in [1.82, 2.24) is 57.7 Å². The zero-order valence-corrected chi connectivity index (χ0v) is 55.6. The predicted molar refractivity (Wildman–Crippen MR) is 368 cm³/mol. The molecule has 0 spiro atoms. The van der Waals surface area contributed by atoms with E-state index < -0.39 is 139 Å². The van der Waals surface area contributed by atoms with Crippen LogP contribution < -0.4 is 65.1 Å². The first-order chi connectivity index (χ1) is 47.7. The van der Waals surface area contributed by atoms with Crippen molar-refractivity contribution in [2.24, 2.45) is 38.1 Å². The molecule has 3 aliphatic heterocycles. The summed E-state index contributed by atoms with van der Waals surface area (Å²) in [6.07, 6.45) is 4.85. The van der Waals surface area contributed by atoms with Crippen LogP contribution in [-0.4, -0.2) is 201 Å². The van der Waals surface area contributed by atoms with Gasteiger partial charge in [-0.3, -0.25) is 67.5 Å². The number of aliphatic carboxylic acids is 1. The smallest absolute Gasteiger partial charge is 0.300 e. The van der Waals surface area contributed by atoms with Crippen LogP contribution >= 0.6 is 0 Å². The van der Waals surface area contributed by atoms with Crippen molar-refractivity contribution in [3.8, 4) is 5.75 Å². The van der Waals surface area contributed by atoms with Crippen molar-refractivity contribution in [2.45, 2.75) is 152 Å². The van der Waals surface area contributed by atoms with E-state index in [4.69, 9.17) is 27.1 Å². The first kappa shape index (κ1) is 76.1. The summed E-state index contributed by atoms with van der Waals surface area (Å²) in [6, 6.07) is 12.8. The maximum Gasteiger partial charge on any atom is 0.300 e. The number of nitrogens with one attached hydrogen (secondary N) is 10. The molecule has 534 valence electrons. The van der Waals surface area contributed by atoms with Crippen LogP contribution in [-0.2, 0) is 76.8 Å². The molecule has 11 amide bonds. The number of H-pyrrole nitrogens is 1. The Balaban J connectivity index is 0.00000342. The SMILES string of the molecule is CC(=O)O.CC(C)CC(NC(=O)C(Cc1ccc2ccccc2c1)NC(=O)C(Cc1ccc(O)cc1)NC(=O)C(CO)NC(=O)C(Cc1c[nH]c2ccccc12)NC(=O)C(CC1C=NC=N1)NC(=O)C1CCC(=O)N1)C(=O)NC(CCCN=C(N)N)C(=O)N1CCCC1C(=O)NCC(N)=O. The number of aromatic amines is 1. The number of para-hydroxylation sites is 1. The van der Waals surface area contributed by atoms with E-state index in [1.807, 2.05) is 36.4 Å². The number of fused-ring (bicyclic) bond motifs is 2. The van der Waals surface area contributed by atoms with Crippen LogP contribution in [0, 0.1) is 5.92 Å². The zero-order valence-electron chi connectivity index (χ0n) is 55.6. The molecule has 0 bridgehead atoms. The minimum atomic E-state index is -1.80. The molecule has 5 aromatic rings. The fraction of sp³-hybridized carbons (Fsp3) is 0.426. The fourth-order valence-corrected chi connectivity index (χ4v) is 11.7. The van der Waals surface area contributed by atoms with Gasteiger partial charge in [0.1, 0.15) is 66.5 Å². The van der Waals surface area contributed by atoms with E-state index in [0.717, 1.165) is 17.7 Å². The topological polar surface area (TPSA) is 508 Å². The summed E-state index contributed by atoms with van der Waals surface area (Å²) in [5, 5.41) is 55.0. The molecule has 32 nitrogen and oxygen atoms in total. The number of guanidine groups is 1. The van der Waals surface area contributed by atoms with Crippen molar-refractivity contribution in [1.29, 1.82) is 0 Å². The van der Waals surface area contributed by atoms with Gasteiger partial charge in [0.2, 0.25) is 65.0 Å². The Morgan fingerprint density at radius 2 is 1.26 bits per heavy atom. The van der Waals surface area contributed by atoms with Crippen LogP contribution in [0.1, 0.15) is 88.8 Å². The van der Waals surface area contributed by atoms with Gasteiger partial charge in [0, 0.05) is 75.4 Å². The van der Waals surface area contributed by atoms with E-state index in [1.54, 1.807) is 50.4 Å². The molecule has 32 heteroatoms. The minimum Gasteiger partial charge on any atom is -0.508 e. The van der Waals surface area contributed by atoms with Crippen LogP contribution in [0.5, 0.6) is 5.75 Å². The number of aliphatic hydroxyl groups is 1. The Labute approximate surface area is 575 Å². The van der Waals surface area contributed by atoms with Crippen molar-refractivity contribution in [3.05, 3.63) is 114 Å². The molecule has 4 aromatic carbocycles. The lowest BCUT2D eigenvalue weighted by atomic mass is 9.98. The van der Waals surface area contributed by atoms with Gasteiger partial charge < -0.3 is 90.3 Å². The number of aliphatic hydroxyl groups excluding tert-OH is 1. The van der Waals surface area contributed by atoms with E-state index >= 15 is 9.59 Å². The van der Waals surface area contributed by atoms with Crippen LogP contribution in [0.3, 0.4) is 0 Å². The molecule has 3 aliphatic rings. The first-order valence-electron chi connectivity index (χ1n) is 32.7. The van der Waals surface area contributed by atoms with E-state index in [2.05, 4.69) is 67.8 Å². The monoisotopic (exact) mass is 1380 g/mol. The van der Waals surface area contributed by atoms with Crippen molar-refractivity contribution in [2.75, 3.05) is 26.2 Å². The van der Waals surface area contributed by atoms with Gasteiger partial charge in [0.15, 0.2) is 5.96 Å². The third-order valence-electron chi connectivity index (χ3n) is 16.6. The molecular formula is C68H87N17O15. The maximum absolute atomic E-state index is 15.1. The number of likely N-dealkylation sites (tertiary alicyclic amines) is 1. The number of carbonyl (C=O) groups is 12. The highest BCUT2D eigenvalue weighted by Crippen LogP contribution is 2.23. The summed E-state index contributed by atoms with van der Waals surface area (Å²) in [5.41, 5.74) is 18.7. The van der Waals surface area contributed by atoms with Crippen LogP contribution in [0.2, 0.25) is 0 Å². The number of carbonyl (C=O) groups excluding carboxylic acids is 11. The molecule has 2 fully saturated rings. The second-order valence-electron chi connectivity index (χ2n) is 24.9. The number of primary amides is 1. The Kier molecular flexibility index (Phi) is 28.0. The Morgan fingerprint density at radius 1 is 0.680 bits per heavy atom. The number of hydrogen-bond donors (Lipinski definition) is 16. The zero-order chi connectivity index (χ0) is 72.6. The lowest BCUT2D eigenvalue weighted by molar-refractivity contribution is -0.142. The van der Waals surface area contributed by atoms with E-state index in [-0.39, 0.29) is 101 Å². The number of amides is 11. The molecule has 4 heterocycles. The number of nitrogens with two attached hydrogens (primary N) is 3. The lowest BCUT2D eigenvalue weighted by Gasteiger charge is -2.30. The van der Waals surface area contributed by atoms with Gasteiger partial charge in [0.05, 0.1) is 19.2 Å². The van der Waals surface area contributed by atoms with Gasteiger partial charge in [-0.1, -0.05) is 86.6 Å². The van der Waals surface area contributed by atoms with Crippen LogP contribution in [0.25, 0.3) is 21.7 Å². The van der Waals surface area contributed by atoms with Gasteiger partial charge in [-0.2, -0.15) is 0 Å². The van der Waals surface area contributed by atoms with Gasteiger partial charge in [-0.15, -0.1) is 0 Å². The standard InChI is InChI=1S/C66H83N17O13.C2H4O2/c1-36(2)25-48(58(89)76-47(13-7-23-71-66(68)69)65(96)83-24-8-14-54(83)64(95)73-33-55(67)86)77-60(91)50(28-38-15-18-39-9-3-4-10-40(39)26-38)78-59(90)49(27-37-16-19-43(85)20-17-37)79-63(94)53(34-84)82-61(92)51(29-41-31-72-45-12-6-5-11-44(41)45)80-62(93)52(30-42-32-70-35-74-42)81-57(88)46-21-22-56(87)75-46;1-2(3)4/h3-6,9-12,15-20,26,31-32,35-36,42,46-54,72,84-85H,7-8,13-14,21-25,27-30,33-34H2,1-2H3,(H2,67,86)(H,73,95)(H,75,87)(H,76,89)(H,77,91)(H,78,90)(H,79,94)(H,80,93)(H,81,88)(H,82,92)(H4,68,69,71);1H3,(H,3,4). The highest BCUT2D eigenvalue weighted by Gasteiger charge is 2.40. The number of aromatic nitrogens is 1. The normalized spacial score (nSPS) is 17.4. The predicted octanol–water partition coefficient (Wildman–Crippen LogP) is -1.63. The number of hydrogen-bond acceptors (Lipinski definition) is 17. The Morgan fingerprint density at radius 3 is 1.88 bits per heavy atom. The summed E-state index contributed by atoms with van der Waals surface area (Å²) in [7, 11) is 0. The van der Waals surface area contributed by atoms with Crippen LogP contribution in [0.15, 0.2) is 112 Å². The summed E-state index contributed by atoms with van der Waals surface area (Å²) in [5.74, 6) is -9.85. The van der Waals surface area contributed by atoms with Gasteiger partial charge >= 0.3 is 0 Å². The summed E-state index contributed by atoms with van der Waals surface area (Å²) < 4.78 is 0. The second kappa shape index (κ2) is 36.9. The second-order valence-corrected chi connectivity index (χ2v) is 24.9. The number of nitrogens with zero attached hydrogens (tertiary/aromatic N) is 4. The molecule has 10 unspecified atom stereocenters. The quantitative estimate of drug-likeness (QED) is 0.0127. The average Bonchev–Trinajstić information content (AvgIpc) is 1.53. The van der Waals surface area contributed by atoms with Crippen molar-refractivity contribution in [3.63, 3.8) is 0 Å². The molecule has 1 aromatic heterocycles. The molecule has 0 saturated carbocycles. The number of benzene rings is 4. The highest BCUT2D eigenvalue weighted by atomic mass is 16.4. The van der Waals surface area contributed by atoms with E-state index in [1.165, 1.54) is 41.7 Å². The van der Waals surface area contributed by atoms with Crippen molar-refractivity contribution < 1.29 is 72.9 Å². The number of aliphatic imine (C=N–C) groups is 3. The Hall–Kier alpha value is -11.3. The molecule has 100 heavy (non-hydrogen) atoms. The lowest BCUT2D eigenvalue weighted by Crippen LogP contribution is -2.61. The largest absolute Gasteiger partial charge is 0.508 e. The number of phenolic OH excluding ortho intramolecular Hbond substituents is 1. The molecular weight excluding hydrogens is 1290 g/mol. The van der Waals surface area contributed by atoms with Gasteiger partial charge in [-0.05, 0) is 90.1 Å². The maximum atomic E-state index is 15.1. The molecule has 0 radical (unpaired) electrons. The Bertz CT molecular complexity index is 3860. The number of aromatic hydroxyl groups is 1. The molecule has 2 saturated heterocycles. The summed E-state index contributed by atoms with van der Waals surface area (Å²) in [6.45, 7) is 3.42. The number of carboxylic acids is 1. The third kappa shape index (κ3) is 22.9. The first-order valence-corrected chi connectivity index (χ1v) is 32.7. The average molecular weight is 1380 g/mol. The van der Waals surface area contributed by atoms with Gasteiger partial charge in [0.25, 0.3) is 5.97 Å². The van der Waals surface area contributed by atoms with Gasteiger partial charge in [-0.25, -0.2) is 4.99 Å². The third-order valence-corrected chi connectivity index (χ3v) is 16.6. The number of carboxylic acid groups (broad SMARTS) is 1. The van der Waals surface area contributed by atoms with Crippen molar-refractivity contribution >= 4 is 111 Å². The summed E-state index contributed by atoms with van der Waals surface area (Å²) >= 11 is 0. The van der Waals surface area contributed by atoms with E-state index in [0.29, 0.717) is 34.0 Å².